The third-order valence-electron chi connectivity index (χ3n) is 5.84. The summed E-state index contributed by atoms with van der Waals surface area (Å²) in [6.07, 6.45) is 0. The smallest absolute Gasteiger partial charge is 0.269 e. The number of fused-ring (bicyclic) bond motifs is 1. The summed E-state index contributed by atoms with van der Waals surface area (Å²) < 4.78 is 1.64. The summed E-state index contributed by atoms with van der Waals surface area (Å²) in [5.41, 5.74) is 3.27. The van der Waals surface area contributed by atoms with E-state index in [-0.39, 0.29) is 11.6 Å². The van der Waals surface area contributed by atoms with Crippen LogP contribution < -0.4 is 10.6 Å². The Labute approximate surface area is 221 Å². The van der Waals surface area contributed by atoms with Crippen LogP contribution in [0.2, 0.25) is 5.02 Å². The Morgan fingerprint density at radius 1 is 1.11 bits per heavy atom. The lowest BCUT2D eigenvalue weighted by Gasteiger charge is -2.28. The Hall–Kier alpha value is -4.15. The lowest BCUT2D eigenvalue weighted by atomic mass is 9.95. The molecule has 0 aliphatic carbocycles. The van der Waals surface area contributed by atoms with Gasteiger partial charge >= 0.3 is 0 Å². The number of carbonyl (C=O) groups excluding carboxylic acids is 1. The van der Waals surface area contributed by atoms with E-state index in [1.54, 1.807) is 35.9 Å². The van der Waals surface area contributed by atoms with Crippen LogP contribution in [0.25, 0.3) is 0 Å². The SMILES string of the molecule is CC1=C(C(=O)Nc2ccccc2)[C@@H](c2ccc([N+](=O)[O-])cc2)n2nc(SCc3ccccc3Cl)nc2N1. The Morgan fingerprint density at radius 2 is 1.81 bits per heavy atom. The predicted molar refractivity (Wildman–Crippen MR) is 144 cm³/mol. The van der Waals surface area contributed by atoms with E-state index in [4.69, 9.17) is 16.7 Å². The summed E-state index contributed by atoms with van der Waals surface area (Å²) in [6.45, 7) is 1.80. The number of carbonyl (C=O) groups is 1. The highest BCUT2D eigenvalue weighted by Crippen LogP contribution is 2.37. The number of anilines is 2. The van der Waals surface area contributed by atoms with Gasteiger partial charge in [-0.15, -0.1) is 5.10 Å². The summed E-state index contributed by atoms with van der Waals surface area (Å²) in [5, 5.41) is 23.2. The number of nitro groups is 1. The molecule has 1 aromatic heterocycles. The number of nitrogens with one attached hydrogen (secondary N) is 2. The second-order valence-corrected chi connectivity index (χ2v) is 9.63. The summed E-state index contributed by atoms with van der Waals surface area (Å²) in [4.78, 5) is 28.9. The molecule has 0 saturated heterocycles. The molecule has 1 aliphatic rings. The van der Waals surface area contributed by atoms with E-state index in [2.05, 4.69) is 15.6 Å². The molecule has 2 heterocycles. The Morgan fingerprint density at radius 3 is 2.51 bits per heavy atom. The maximum absolute atomic E-state index is 13.5. The number of nitrogens with zero attached hydrogens (tertiary/aromatic N) is 4. The second kappa shape index (κ2) is 10.5. The van der Waals surface area contributed by atoms with Crippen LogP contribution in [-0.2, 0) is 10.5 Å². The summed E-state index contributed by atoms with van der Waals surface area (Å²) in [7, 11) is 0. The Kier molecular flexibility index (Phi) is 6.93. The van der Waals surface area contributed by atoms with Crippen molar-refractivity contribution in [3.8, 4) is 0 Å². The highest BCUT2D eigenvalue weighted by atomic mass is 35.5. The zero-order chi connectivity index (χ0) is 25.9. The number of amides is 1. The van der Waals surface area contributed by atoms with Crippen molar-refractivity contribution in [3.63, 3.8) is 0 Å². The van der Waals surface area contributed by atoms with Crippen LogP contribution in [-0.4, -0.2) is 25.6 Å². The maximum Gasteiger partial charge on any atom is 0.269 e. The van der Waals surface area contributed by atoms with Crippen molar-refractivity contribution in [2.24, 2.45) is 0 Å². The van der Waals surface area contributed by atoms with E-state index in [9.17, 15) is 14.9 Å². The molecule has 0 fully saturated rings. The second-order valence-electron chi connectivity index (χ2n) is 8.28. The number of rotatable bonds is 7. The van der Waals surface area contributed by atoms with E-state index < -0.39 is 11.0 Å². The van der Waals surface area contributed by atoms with Crippen LogP contribution in [0.15, 0.2) is 95.3 Å². The summed E-state index contributed by atoms with van der Waals surface area (Å²) in [5.74, 6) is 0.726. The molecule has 186 valence electrons. The average Bonchev–Trinajstić information content (AvgIpc) is 3.30. The van der Waals surface area contributed by atoms with Gasteiger partial charge in [0, 0.05) is 34.3 Å². The lowest BCUT2D eigenvalue weighted by Crippen LogP contribution is -2.31. The fraction of sp³-hybridized carbons (Fsp3) is 0.115. The number of hydrogen-bond donors (Lipinski definition) is 2. The third kappa shape index (κ3) is 5.20. The van der Waals surface area contributed by atoms with Gasteiger partial charge in [0.1, 0.15) is 6.04 Å². The highest BCUT2D eigenvalue weighted by molar-refractivity contribution is 7.98. The zero-order valence-electron chi connectivity index (χ0n) is 19.6. The molecule has 5 rings (SSSR count). The molecule has 1 atom stereocenters. The fourth-order valence-corrected chi connectivity index (χ4v) is 5.17. The average molecular weight is 533 g/mol. The van der Waals surface area contributed by atoms with Crippen LogP contribution in [0.1, 0.15) is 24.1 Å². The molecule has 1 amide bonds. The van der Waals surface area contributed by atoms with Crippen molar-refractivity contribution in [3.05, 3.63) is 116 Å². The third-order valence-corrected chi connectivity index (χ3v) is 7.10. The topological polar surface area (TPSA) is 115 Å². The highest BCUT2D eigenvalue weighted by Gasteiger charge is 2.34. The number of nitro benzene ring substituents is 1. The number of benzene rings is 3. The van der Waals surface area contributed by atoms with Crippen LogP contribution in [0.4, 0.5) is 17.3 Å². The minimum absolute atomic E-state index is 0.0385. The molecular formula is C26H21ClN6O3S. The minimum atomic E-state index is -0.650. The van der Waals surface area contributed by atoms with Gasteiger partial charge in [-0.25, -0.2) is 4.68 Å². The first kappa shape index (κ1) is 24.5. The number of hydrogen-bond acceptors (Lipinski definition) is 7. The number of thioether (sulfide) groups is 1. The quantitative estimate of drug-likeness (QED) is 0.169. The standard InChI is InChI=1S/C26H21ClN6O3S/c1-16-22(24(34)29-19-8-3-2-4-9-19)23(17-11-13-20(14-12-17)33(35)36)32-25(28-16)30-26(31-32)37-15-18-7-5-6-10-21(18)27/h2-14,23H,15H2,1H3,(H,29,34)(H,28,30,31)/t23-/m1/s1. The normalized spacial score (nSPS) is 14.6. The number of halogens is 1. The predicted octanol–water partition coefficient (Wildman–Crippen LogP) is 6.06. The molecule has 0 radical (unpaired) electrons. The van der Waals surface area contributed by atoms with Crippen LogP contribution >= 0.6 is 23.4 Å². The largest absolute Gasteiger partial charge is 0.328 e. The van der Waals surface area contributed by atoms with Gasteiger partial charge in [-0.2, -0.15) is 4.98 Å². The molecule has 3 aromatic carbocycles. The van der Waals surface area contributed by atoms with Crippen molar-refractivity contribution in [1.29, 1.82) is 0 Å². The molecule has 4 aromatic rings. The van der Waals surface area contributed by atoms with Gasteiger partial charge in [-0.05, 0) is 48.4 Å². The summed E-state index contributed by atoms with van der Waals surface area (Å²) >= 11 is 7.72. The Balaban J connectivity index is 1.51. The molecular weight excluding hydrogens is 512 g/mol. The van der Waals surface area contributed by atoms with Crippen molar-refractivity contribution in [2.45, 2.75) is 23.9 Å². The molecule has 0 bridgehead atoms. The summed E-state index contributed by atoms with van der Waals surface area (Å²) in [6, 6.07) is 22.2. The zero-order valence-corrected chi connectivity index (χ0v) is 21.2. The fourth-order valence-electron chi connectivity index (χ4n) is 4.05. The van der Waals surface area contributed by atoms with Crippen LogP contribution in [0, 0.1) is 10.1 Å². The molecule has 37 heavy (non-hydrogen) atoms. The van der Waals surface area contributed by atoms with E-state index >= 15 is 0 Å². The van der Waals surface area contributed by atoms with Crippen molar-refractivity contribution in [1.82, 2.24) is 14.8 Å². The number of non-ortho nitro benzene ring substituents is 1. The number of para-hydroxylation sites is 1. The molecule has 9 nitrogen and oxygen atoms in total. The van der Waals surface area contributed by atoms with Gasteiger partial charge in [0.15, 0.2) is 0 Å². The van der Waals surface area contributed by atoms with Crippen molar-refractivity contribution < 1.29 is 9.72 Å². The first-order chi connectivity index (χ1) is 17.9. The molecule has 0 unspecified atom stereocenters. The Bertz CT molecular complexity index is 1500. The van der Waals surface area contributed by atoms with E-state index in [1.165, 1.54) is 23.9 Å². The molecule has 1 aliphatic heterocycles. The first-order valence-electron chi connectivity index (χ1n) is 11.3. The van der Waals surface area contributed by atoms with Crippen molar-refractivity contribution >= 4 is 46.6 Å². The van der Waals surface area contributed by atoms with Crippen LogP contribution in [0.3, 0.4) is 0 Å². The van der Waals surface area contributed by atoms with Gasteiger partial charge in [-0.3, -0.25) is 14.9 Å². The number of allylic oxidation sites excluding steroid dienone is 1. The van der Waals surface area contributed by atoms with Gasteiger partial charge in [0.2, 0.25) is 11.1 Å². The van der Waals surface area contributed by atoms with Crippen molar-refractivity contribution in [2.75, 3.05) is 10.6 Å². The van der Waals surface area contributed by atoms with Crippen LogP contribution in [0.5, 0.6) is 0 Å². The van der Waals surface area contributed by atoms with Gasteiger partial charge in [0.05, 0.1) is 10.5 Å². The van der Waals surface area contributed by atoms with E-state index in [0.29, 0.717) is 44.4 Å². The number of aromatic nitrogens is 3. The monoisotopic (exact) mass is 532 g/mol. The lowest BCUT2D eigenvalue weighted by molar-refractivity contribution is -0.384. The molecule has 11 heteroatoms. The van der Waals surface area contributed by atoms with Gasteiger partial charge in [0.25, 0.3) is 11.6 Å². The first-order valence-corrected chi connectivity index (χ1v) is 12.7. The minimum Gasteiger partial charge on any atom is -0.328 e. The molecule has 0 saturated carbocycles. The van der Waals surface area contributed by atoms with E-state index in [1.807, 2.05) is 42.5 Å². The van der Waals surface area contributed by atoms with Gasteiger partial charge < -0.3 is 10.6 Å². The maximum atomic E-state index is 13.5. The molecule has 2 N–H and O–H groups in total. The van der Waals surface area contributed by atoms with E-state index in [0.717, 1.165) is 5.56 Å². The van der Waals surface area contributed by atoms with Gasteiger partial charge in [-0.1, -0.05) is 59.8 Å². The molecule has 0 spiro atoms.